The Kier molecular flexibility index (Phi) is 9.81. The molecule has 1 saturated carbocycles. The fourth-order valence-corrected chi connectivity index (χ4v) is 6.68. The van der Waals surface area contributed by atoms with Gasteiger partial charge in [-0.2, -0.15) is 5.10 Å². The second-order valence-corrected chi connectivity index (χ2v) is 12.6. The first-order valence-corrected chi connectivity index (χ1v) is 16.6. The molecule has 5 aromatic rings. The molecule has 3 heterocycles. The van der Waals surface area contributed by atoms with Crippen molar-refractivity contribution in [2.45, 2.75) is 75.6 Å². The van der Waals surface area contributed by atoms with Gasteiger partial charge in [0.15, 0.2) is 10.8 Å². The third kappa shape index (κ3) is 7.21. The molecule has 0 spiro atoms. The fourth-order valence-electron chi connectivity index (χ4n) is 6.49. The summed E-state index contributed by atoms with van der Waals surface area (Å²) in [5.74, 6) is -2.00. The number of aliphatic hydroxyl groups is 1. The van der Waals surface area contributed by atoms with Crippen LogP contribution in [0.2, 0.25) is 5.15 Å². The van der Waals surface area contributed by atoms with Gasteiger partial charge in [-0.3, -0.25) is 0 Å². The molecule has 2 aliphatic rings. The Labute approximate surface area is 279 Å². The van der Waals surface area contributed by atoms with E-state index < -0.39 is 24.1 Å². The average Bonchev–Trinajstić information content (AvgIpc) is 3.83. The van der Waals surface area contributed by atoms with E-state index in [1.807, 2.05) is 91.0 Å². The minimum atomic E-state index is -2.00. The van der Waals surface area contributed by atoms with Crippen molar-refractivity contribution in [1.82, 2.24) is 14.6 Å². The van der Waals surface area contributed by atoms with Crippen LogP contribution in [0.4, 0.5) is 5.69 Å². The van der Waals surface area contributed by atoms with Crippen LogP contribution in [0.1, 0.15) is 48.1 Å². The van der Waals surface area contributed by atoms with Gasteiger partial charge in [-0.1, -0.05) is 115 Å². The van der Waals surface area contributed by atoms with Crippen LogP contribution < -0.4 is 5.32 Å². The van der Waals surface area contributed by atoms with Gasteiger partial charge in [0.05, 0.1) is 38.3 Å². The predicted octanol–water partition coefficient (Wildman–Crippen LogP) is 6.67. The molecule has 0 radical (unpaired) electrons. The molecule has 1 aliphatic heterocycles. The SMILES string of the molecule is OC1(c2cnc3c(NC4CCCC4)cc(Cl)nn23)O[C@H](COCc2ccccc2)[C@@H](OCc2ccccc2)[C@H]1OCc1ccccc1. The number of imidazole rings is 1. The summed E-state index contributed by atoms with van der Waals surface area (Å²) in [6.07, 6.45) is 3.73. The summed E-state index contributed by atoms with van der Waals surface area (Å²) in [5, 5.41) is 21.1. The maximum absolute atomic E-state index is 12.7. The van der Waals surface area contributed by atoms with Crippen molar-refractivity contribution in [2.24, 2.45) is 0 Å². The lowest BCUT2D eigenvalue weighted by Gasteiger charge is -2.30. The first-order chi connectivity index (χ1) is 23.1. The second kappa shape index (κ2) is 14.5. The van der Waals surface area contributed by atoms with Gasteiger partial charge < -0.3 is 29.4 Å². The highest BCUT2D eigenvalue weighted by molar-refractivity contribution is 6.29. The van der Waals surface area contributed by atoms with Gasteiger partial charge in [0.1, 0.15) is 24.0 Å². The van der Waals surface area contributed by atoms with E-state index in [9.17, 15) is 5.11 Å². The number of ether oxygens (including phenoxy) is 4. The zero-order valence-electron chi connectivity index (χ0n) is 26.1. The molecule has 1 aliphatic carbocycles. The molecular formula is C37H39ClN4O5. The molecule has 7 rings (SSSR count). The van der Waals surface area contributed by atoms with E-state index in [4.69, 9.17) is 35.5 Å². The number of nitrogens with zero attached hydrogens (tertiary/aromatic N) is 3. The summed E-state index contributed by atoms with van der Waals surface area (Å²) in [6.45, 7) is 1.04. The van der Waals surface area contributed by atoms with E-state index in [-0.39, 0.29) is 25.0 Å². The lowest BCUT2D eigenvalue weighted by Crippen LogP contribution is -2.45. The largest absolute Gasteiger partial charge is 0.379 e. The van der Waals surface area contributed by atoms with Crippen molar-refractivity contribution < 1.29 is 24.1 Å². The fraction of sp³-hybridized carbons (Fsp3) is 0.351. The molecule has 3 aromatic carbocycles. The minimum Gasteiger partial charge on any atom is -0.379 e. The van der Waals surface area contributed by atoms with Crippen LogP contribution in [0.15, 0.2) is 103 Å². The molecule has 2 aromatic heterocycles. The highest BCUT2D eigenvalue weighted by Crippen LogP contribution is 2.43. The maximum atomic E-state index is 12.7. The molecule has 0 bridgehead atoms. The molecule has 1 saturated heterocycles. The summed E-state index contributed by atoms with van der Waals surface area (Å²) in [4.78, 5) is 4.70. The minimum absolute atomic E-state index is 0.154. The Bertz CT molecular complexity index is 1740. The molecule has 0 amide bonds. The Morgan fingerprint density at radius 2 is 1.45 bits per heavy atom. The second-order valence-electron chi connectivity index (χ2n) is 12.2. The summed E-state index contributed by atoms with van der Waals surface area (Å²) < 4.78 is 27.4. The Morgan fingerprint density at radius 1 is 0.851 bits per heavy atom. The van der Waals surface area contributed by atoms with Gasteiger partial charge in [-0.05, 0) is 29.5 Å². The average molecular weight is 655 g/mol. The highest BCUT2D eigenvalue weighted by Gasteiger charge is 2.59. The van der Waals surface area contributed by atoms with Crippen molar-refractivity contribution in [3.05, 3.63) is 131 Å². The van der Waals surface area contributed by atoms with Crippen molar-refractivity contribution in [2.75, 3.05) is 11.9 Å². The van der Waals surface area contributed by atoms with E-state index in [1.54, 1.807) is 16.8 Å². The number of hydrogen-bond acceptors (Lipinski definition) is 8. The smallest absolute Gasteiger partial charge is 0.242 e. The van der Waals surface area contributed by atoms with Crippen LogP contribution in [-0.4, -0.2) is 50.7 Å². The van der Waals surface area contributed by atoms with E-state index >= 15 is 0 Å². The van der Waals surface area contributed by atoms with Crippen LogP contribution in [-0.2, 0) is 44.6 Å². The summed E-state index contributed by atoms with van der Waals surface area (Å²) in [7, 11) is 0. The maximum Gasteiger partial charge on any atom is 0.242 e. The molecule has 47 heavy (non-hydrogen) atoms. The first-order valence-electron chi connectivity index (χ1n) is 16.2. The monoisotopic (exact) mass is 654 g/mol. The van der Waals surface area contributed by atoms with Gasteiger partial charge in [0, 0.05) is 12.1 Å². The van der Waals surface area contributed by atoms with Gasteiger partial charge >= 0.3 is 0 Å². The Morgan fingerprint density at radius 3 is 2.09 bits per heavy atom. The van der Waals surface area contributed by atoms with E-state index in [2.05, 4.69) is 10.4 Å². The molecule has 9 nitrogen and oxygen atoms in total. The van der Waals surface area contributed by atoms with Gasteiger partial charge in [0.25, 0.3) is 0 Å². The first kappa shape index (κ1) is 31.8. The molecule has 4 atom stereocenters. The van der Waals surface area contributed by atoms with Crippen LogP contribution >= 0.6 is 11.6 Å². The van der Waals surface area contributed by atoms with Crippen LogP contribution in [0.5, 0.6) is 0 Å². The van der Waals surface area contributed by atoms with E-state index in [0.717, 1.165) is 35.2 Å². The van der Waals surface area contributed by atoms with E-state index in [1.165, 1.54) is 12.8 Å². The molecule has 1 unspecified atom stereocenters. The number of nitrogens with one attached hydrogen (secondary N) is 1. The van der Waals surface area contributed by atoms with E-state index in [0.29, 0.717) is 24.0 Å². The van der Waals surface area contributed by atoms with Crippen molar-refractivity contribution >= 4 is 22.9 Å². The molecule has 2 N–H and O–H groups in total. The lowest BCUT2D eigenvalue weighted by molar-refractivity contribution is -0.256. The van der Waals surface area contributed by atoms with Crippen molar-refractivity contribution in [3.63, 3.8) is 0 Å². The molecule has 10 heteroatoms. The zero-order chi connectivity index (χ0) is 32.1. The van der Waals surface area contributed by atoms with Crippen LogP contribution in [0.25, 0.3) is 5.65 Å². The Balaban J connectivity index is 1.24. The van der Waals surface area contributed by atoms with Gasteiger partial charge in [-0.15, -0.1) is 0 Å². The number of anilines is 1. The number of benzene rings is 3. The van der Waals surface area contributed by atoms with Crippen molar-refractivity contribution in [1.29, 1.82) is 0 Å². The van der Waals surface area contributed by atoms with Crippen LogP contribution in [0, 0.1) is 0 Å². The number of halogens is 1. The number of hydrogen-bond donors (Lipinski definition) is 2. The molecule has 2 fully saturated rings. The summed E-state index contributed by atoms with van der Waals surface area (Å²) in [6, 6.07) is 31.7. The van der Waals surface area contributed by atoms with Crippen molar-refractivity contribution in [3.8, 4) is 0 Å². The lowest BCUT2D eigenvalue weighted by atomic mass is 10.0. The zero-order valence-corrected chi connectivity index (χ0v) is 26.8. The third-order valence-electron chi connectivity index (χ3n) is 8.85. The molecule has 244 valence electrons. The summed E-state index contributed by atoms with van der Waals surface area (Å²) in [5.41, 5.74) is 4.55. The van der Waals surface area contributed by atoms with Gasteiger partial charge in [0.2, 0.25) is 5.79 Å². The number of rotatable bonds is 13. The van der Waals surface area contributed by atoms with Crippen LogP contribution in [0.3, 0.4) is 0 Å². The number of aromatic nitrogens is 3. The molecular weight excluding hydrogens is 616 g/mol. The highest BCUT2D eigenvalue weighted by atomic mass is 35.5. The standard InChI is InChI=1S/C37H39ClN4O5/c38-33-20-30(40-29-18-10-11-19-29)36-39-21-32(42(36)41-33)37(43)35(46-24-28-16-8-3-9-17-28)34(45-23-27-14-6-2-7-15-27)31(47-37)25-44-22-26-12-4-1-5-13-26/h1-9,12-17,20-21,29,31,34-35,40,43H,10-11,18-19,22-25H2/t31-,34-,35-,37?/m1/s1. The Hall–Kier alpha value is -3.83. The van der Waals surface area contributed by atoms with Gasteiger partial charge in [-0.25, -0.2) is 9.50 Å². The summed E-state index contributed by atoms with van der Waals surface area (Å²) >= 11 is 6.57. The number of fused-ring (bicyclic) bond motifs is 1. The topological polar surface area (TPSA) is 99.4 Å². The third-order valence-corrected chi connectivity index (χ3v) is 9.04. The normalized spacial score (nSPS) is 23.1. The predicted molar refractivity (Wildman–Crippen MR) is 179 cm³/mol. The quantitative estimate of drug-likeness (QED) is 0.145.